The molecular weight excluding hydrogens is 448 g/mol. The monoisotopic (exact) mass is 470 g/mol. The second kappa shape index (κ2) is 10.9. The zero-order valence-electron chi connectivity index (χ0n) is 18.5. The quantitative estimate of drug-likeness (QED) is 0.232. The number of amides is 2. The average molecular weight is 470 g/mol. The summed E-state index contributed by atoms with van der Waals surface area (Å²) >= 11 is 0. The molecule has 0 heterocycles. The van der Waals surface area contributed by atoms with Crippen LogP contribution < -0.4 is 10.9 Å². The van der Waals surface area contributed by atoms with Gasteiger partial charge in [-0.3, -0.25) is 9.59 Å². The first kappa shape index (κ1) is 23.4. The van der Waals surface area contributed by atoms with Gasteiger partial charge < -0.3 is 14.9 Å². The van der Waals surface area contributed by atoms with Crippen LogP contribution in [0.3, 0.4) is 0 Å². The standard InChI is InChI=1S/C26H22N4O5/c31-23-11-9-17-5-1-3-7-19(17)21(23)13-27-29-25(33)15-35-16-26(34)30-28-14-22-20-8-4-2-6-18(20)10-12-24(22)32/h1-14,31-32H,15-16H2,(H,29,33)(H,30,34)/b27-13+,28-14+. The number of phenolic OH excluding ortho intramolecular Hbond substituents is 2. The van der Waals surface area contributed by atoms with E-state index in [1.165, 1.54) is 12.4 Å². The SMILES string of the molecule is O=C(COCC(=O)N/N=C/c1c(O)ccc2ccccc12)N/N=C/c1c(O)ccc2ccccc12. The van der Waals surface area contributed by atoms with E-state index < -0.39 is 25.0 Å². The molecule has 0 aliphatic heterocycles. The molecule has 4 N–H and O–H groups in total. The third-order valence-corrected chi connectivity index (χ3v) is 5.13. The van der Waals surface area contributed by atoms with Gasteiger partial charge >= 0.3 is 0 Å². The molecule has 0 aliphatic rings. The Labute approximate surface area is 200 Å². The van der Waals surface area contributed by atoms with Crippen LogP contribution in [0.4, 0.5) is 0 Å². The van der Waals surface area contributed by atoms with E-state index >= 15 is 0 Å². The number of hydrazone groups is 2. The van der Waals surface area contributed by atoms with Crippen molar-refractivity contribution in [2.24, 2.45) is 10.2 Å². The Bertz CT molecular complexity index is 1340. The summed E-state index contributed by atoms with van der Waals surface area (Å²) in [4.78, 5) is 23.8. The number of nitrogens with one attached hydrogen (secondary N) is 2. The van der Waals surface area contributed by atoms with E-state index in [-0.39, 0.29) is 11.5 Å². The van der Waals surface area contributed by atoms with Crippen molar-refractivity contribution in [1.29, 1.82) is 0 Å². The molecule has 0 unspecified atom stereocenters. The number of hydrogen-bond acceptors (Lipinski definition) is 7. The number of nitrogens with zero attached hydrogens (tertiary/aromatic N) is 2. The maximum Gasteiger partial charge on any atom is 0.266 e. The van der Waals surface area contributed by atoms with Crippen molar-refractivity contribution in [3.63, 3.8) is 0 Å². The summed E-state index contributed by atoms with van der Waals surface area (Å²) in [7, 11) is 0. The van der Waals surface area contributed by atoms with Gasteiger partial charge in [0.2, 0.25) is 0 Å². The highest BCUT2D eigenvalue weighted by atomic mass is 16.5. The molecule has 0 bridgehead atoms. The van der Waals surface area contributed by atoms with Gasteiger partial charge in [0.15, 0.2) is 0 Å². The average Bonchev–Trinajstić information content (AvgIpc) is 2.86. The third kappa shape index (κ3) is 5.79. The molecule has 2 amide bonds. The van der Waals surface area contributed by atoms with Gasteiger partial charge in [0.1, 0.15) is 24.7 Å². The number of carbonyl (C=O) groups excluding carboxylic acids is 2. The summed E-state index contributed by atoms with van der Waals surface area (Å²) in [5, 5.41) is 31.3. The molecular formula is C26H22N4O5. The number of hydrogen-bond donors (Lipinski definition) is 4. The number of phenols is 2. The molecule has 0 fully saturated rings. The van der Waals surface area contributed by atoms with Crippen molar-refractivity contribution >= 4 is 45.8 Å². The number of fused-ring (bicyclic) bond motifs is 2. The van der Waals surface area contributed by atoms with E-state index in [4.69, 9.17) is 4.74 Å². The summed E-state index contributed by atoms with van der Waals surface area (Å²) < 4.78 is 5.08. The summed E-state index contributed by atoms with van der Waals surface area (Å²) in [5.41, 5.74) is 5.52. The minimum atomic E-state index is -0.571. The fourth-order valence-electron chi connectivity index (χ4n) is 3.48. The Morgan fingerprint density at radius 1 is 0.686 bits per heavy atom. The Morgan fingerprint density at radius 3 is 1.57 bits per heavy atom. The molecule has 35 heavy (non-hydrogen) atoms. The van der Waals surface area contributed by atoms with Crippen molar-refractivity contribution in [3.8, 4) is 11.5 Å². The van der Waals surface area contributed by atoms with Gasteiger partial charge in [0.25, 0.3) is 11.8 Å². The van der Waals surface area contributed by atoms with Crippen molar-refractivity contribution in [2.75, 3.05) is 13.2 Å². The van der Waals surface area contributed by atoms with Gasteiger partial charge in [-0.05, 0) is 33.7 Å². The maximum atomic E-state index is 11.9. The first-order valence-corrected chi connectivity index (χ1v) is 10.7. The lowest BCUT2D eigenvalue weighted by Crippen LogP contribution is -2.28. The third-order valence-electron chi connectivity index (χ3n) is 5.13. The zero-order valence-corrected chi connectivity index (χ0v) is 18.5. The van der Waals surface area contributed by atoms with Gasteiger partial charge in [-0.1, -0.05) is 60.7 Å². The van der Waals surface area contributed by atoms with E-state index in [2.05, 4.69) is 21.1 Å². The van der Waals surface area contributed by atoms with Crippen LogP contribution in [0, 0.1) is 0 Å². The fourth-order valence-corrected chi connectivity index (χ4v) is 3.48. The smallest absolute Gasteiger partial charge is 0.266 e. The lowest BCUT2D eigenvalue weighted by molar-refractivity contribution is -0.130. The minimum Gasteiger partial charge on any atom is -0.507 e. The Balaban J connectivity index is 1.24. The molecule has 9 nitrogen and oxygen atoms in total. The minimum absolute atomic E-state index is 0.0343. The van der Waals surface area contributed by atoms with Crippen LogP contribution in [0.15, 0.2) is 83.0 Å². The second-order valence-electron chi connectivity index (χ2n) is 7.52. The highest BCUT2D eigenvalue weighted by Crippen LogP contribution is 2.26. The van der Waals surface area contributed by atoms with Crippen molar-refractivity contribution in [1.82, 2.24) is 10.9 Å². The van der Waals surface area contributed by atoms with Crippen molar-refractivity contribution in [3.05, 3.63) is 83.9 Å². The molecule has 0 radical (unpaired) electrons. The number of benzene rings is 4. The molecule has 0 spiro atoms. The normalized spacial score (nSPS) is 11.4. The Morgan fingerprint density at radius 2 is 1.11 bits per heavy atom. The van der Waals surface area contributed by atoms with Crippen LogP contribution in [-0.4, -0.2) is 47.7 Å². The fraction of sp³-hybridized carbons (Fsp3) is 0.0769. The van der Waals surface area contributed by atoms with E-state index in [9.17, 15) is 19.8 Å². The molecule has 176 valence electrons. The zero-order chi connectivity index (χ0) is 24.6. The molecule has 0 saturated heterocycles. The van der Waals surface area contributed by atoms with Gasteiger partial charge in [-0.25, -0.2) is 10.9 Å². The van der Waals surface area contributed by atoms with Gasteiger partial charge in [-0.2, -0.15) is 10.2 Å². The number of aromatic hydroxyl groups is 2. The lowest BCUT2D eigenvalue weighted by atomic mass is 10.0. The molecule has 4 rings (SSSR count). The summed E-state index contributed by atoms with van der Waals surface area (Å²) in [5.74, 6) is -1.07. The second-order valence-corrected chi connectivity index (χ2v) is 7.52. The number of ether oxygens (including phenoxy) is 1. The topological polar surface area (TPSA) is 133 Å². The predicted octanol–water partition coefficient (Wildman–Crippen LogP) is 3.02. The molecule has 4 aromatic carbocycles. The number of rotatable bonds is 8. The van der Waals surface area contributed by atoms with Crippen LogP contribution >= 0.6 is 0 Å². The van der Waals surface area contributed by atoms with Crippen LogP contribution in [0.2, 0.25) is 0 Å². The largest absolute Gasteiger partial charge is 0.507 e. The lowest BCUT2D eigenvalue weighted by Gasteiger charge is -2.05. The highest BCUT2D eigenvalue weighted by Gasteiger charge is 2.07. The Kier molecular flexibility index (Phi) is 7.29. The van der Waals surface area contributed by atoms with Crippen LogP contribution in [0.1, 0.15) is 11.1 Å². The molecule has 0 atom stereocenters. The Hall–Kier alpha value is -4.76. The first-order valence-electron chi connectivity index (χ1n) is 10.7. The van der Waals surface area contributed by atoms with Crippen molar-refractivity contribution < 1.29 is 24.5 Å². The summed E-state index contributed by atoms with van der Waals surface area (Å²) in [6.07, 6.45) is 2.69. The van der Waals surface area contributed by atoms with E-state index in [1.54, 1.807) is 24.3 Å². The van der Waals surface area contributed by atoms with Gasteiger partial charge in [-0.15, -0.1) is 0 Å². The molecule has 0 saturated carbocycles. The number of carbonyl (C=O) groups is 2. The summed E-state index contributed by atoms with van der Waals surface area (Å²) in [6.45, 7) is -0.805. The first-order chi connectivity index (χ1) is 17.0. The molecule has 4 aromatic rings. The van der Waals surface area contributed by atoms with E-state index in [1.807, 2.05) is 48.5 Å². The van der Waals surface area contributed by atoms with Crippen LogP contribution in [0.25, 0.3) is 21.5 Å². The van der Waals surface area contributed by atoms with Crippen LogP contribution in [0.5, 0.6) is 11.5 Å². The maximum absolute atomic E-state index is 11.9. The van der Waals surface area contributed by atoms with E-state index in [0.717, 1.165) is 21.5 Å². The van der Waals surface area contributed by atoms with Crippen molar-refractivity contribution in [2.45, 2.75) is 0 Å². The molecule has 9 heteroatoms. The molecule has 0 aliphatic carbocycles. The van der Waals surface area contributed by atoms with Gasteiger partial charge in [0, 0.05) is 11.1 Å². The van der Waals surface area contributed by atoms with Crippen LogP contribution in [-0.2, 0) is 14.3 Å². The predicted molar refractivity (Wildman–Crippen MR) is 134 cm³/mol. The highest BCUT2D eigenvalue weighted by molar-refractivity contribution is 6.03. The van der Waals surface area contributed by atoms with E-state index in [0.29, 0.717) is 11.1 Å². The summed E-state index contributed by atoms with van der Waals surface area (Å²) in [6, 6.07) is 21.6. The molecule has 0 aromatic heterocycles. The van der Waals surface area contributed by atoms with Gasteiger partial charge in [0.05, 0.1) is 12.4 Å².